The van der Waals surface area contributed by atoms with Gasteiger partial charge in [-0.3, -0.25) is 4.68 Å². The van der Waals surface area contributed by atoms with Crippen LogP contribution in [-0.4, -0.2) is 29.6 Å². The Balaban J connectivity index is 2.14. The van der Waals surface area contributed by atoms with Gasteiger partial charge in [0.15, 0.2) is 0 Å². The number of hydrogen-bond donors (Lipinski definition) is 1. The van der Waals surface area contributed by atoms with E-state index in [4.69, 9.17) is 0 Å². The maximum absolute atomic E-state index is 12.4. The number of hydrogen-bond acceptors (Lipinski definition) is 3. The number of aryl methyl sites for hydroxylation is 2. The maximum atomic E-state index is 12.4. The number of alkyl halides is 1. The van der Waals surface area contributed by atoms with Crippen LogP contribution in [0.5, 0.6) is 0 Å². The number of nitrogens with zero attached hydrogens (tertiary/aromatic N) is 2. The van der Waals surface area contributed by atoms with E-state index in [-0.39, 0.29) is 0 Å². The van der Waals surface area contributed by atoms with E-state index in [1.807, 2.05) is 0 Å². The molecule has 0 amide bonds. The highest BCUT2D eigenvalue weighted by atomic mass is 79.9. The molecule has 1 aliphatic carbocycles. The highest BCUT2D eigenvalue weighted by molar-refractivity contribution is 9.09. The fourth-order valence-corrected chi connectivity index (χ4v) is 4.96. The standard InChI is InChI=1S/C12H20BrN3O2S/c1-8-12(9(2)16(3)15-8)19(17,18)14-7-10-5-4-6-11(10)13/h10-11,14H,4-7H2,1-3H3. The molecule has 108 valence electrons. The van der Waals surface area contributed by atoms with Crippen molar-refractivity contribution >= 4 is 26.0 Å². The summed E-state index contributed by atoms with van der Waals surface area (Å²) in [6.45, 7) is 3.99. The molecule has 5 nitrogen and oxygen atoms in total. The fourth-order valence-electron chi connectivity index (χ4n) is 2.65. The first-order valence-corrected chi connectivity index (χ1v) is 8.86. The molecule has 2 rings (SSSR count). The highest BCUT2D eigenvalue weighted by Crippen LogP contribution is 2.31. The summed E-state index contributed by atoms with van der Waals surface area (Å²) in [6.07, 6.45) is 3.36. The first kappa shape index (κ1) is 15.0. The van der Waals surface area contributed by atoms with E-state index >= 15 is 0 Å². The van der Waals surface area contributed by atoms with E-state index in [0.29, 0.717) is 33.6 Å². The Morgan fingerprint density at radius 2 is 2.11 bits per heavy atom. The van der Waals surface area contributed by atoms with Crippen LogP contribution in [0.4, 0.5) is 0 Å². The average molecular weight is 350 g/mol. The van der Waals surface area contributed by atoms with Gasteiger partial charge in [0.25, 0.3) is 0 Å². The molecular formula is C12H20BrN3O2S. The zero-order chi connectivity index (χ0) is 14.2. The molecule has 0 aromatic carbocycles. The topological polar surface area (TPSA) is 64.0 Å². The quantitative estimate of drug-likeness (QED) is 0.844. The van der Waals surface area contributed by atoms with Gasteiger partial charge in [0.1, 0.15) is 4.90 Å². The lowest BCUT2D eigenvalue weighted by atomic mass is 10.1. The summed E-state index contributed by atoms with van der Waals surface area (Å²) < 4.78 is 29.1. The number of sulfonamides is 1. The molecule has 0 bridgehead atoms. The van der Waals surface area contributed by atoms with Crippen molar-refractivity contribution in [3.63, 3.8) is 0 Å². The van der Waals surface area contributed by atoms with Crippen molar-refractivity contribution in [2.75, 3.05) is 6.54 Å². The summed E-state index contributed by atoms with van der Waals surface area (Å²) >= 11 is 3.61. The Bertz CT molecular complexity index is 568. The minimum absolute atomic E-state index is 0.319. The van der Waals surface area contributed by atoms with Crippen LogP contribution < -0.4 is 4.72 Å². The van der Waals surface area contributed by atoms with Crippen LogP contribution in [0.15, 0.2) is 4.90 Å². The lowest BCUT2D eigenvalue weighted by Crippen LogP contribution is -2.31. The van der Waals surface area contributed by atoms with E-state index in [1.165, 1.54) is 0 Å². The molecule has 1 aliphatic rings. The van der Waals surface area contributed by atoms with Gasteiger partial charge >= 0.3 is 0 Å². The van der Waals surface area contributed by atoms with Gasteiger partial charge in [-0.05, 0) is 32.6 Å². The van der Waals surface area contributed by atoms with Crippen molar-refractivity contribution in [1.29, 1.82) is 0 Å². The number of rotatable bonds is 4. The van der Waals surface area contributed by atoms with Crippen molar-refractivity contribution in [2.24, 2.45) is 13.0 Å². The zero-order valence-electron chi connectivity index (χ0n) is 11.5. The van der Waals surface area contributed by atoms with Gasteiger partial charge in [-0.1, -0.05) is 22.4 Å². The van der Waals surface area contributed by atoms with E-state index in [0.717, 1.165) is 19.3 Å². The van der Waals surface area contributed by atoms with Crippen LogP contribution in [0.25, 0.3) is 0 Å². The third kappa shape index (κ3) is 3.03. The van der Waals surface area contributed by atoms with Crippen LogP contribution >= 0.6 is 15.9 Å². The fraction of sp³-hybridized carbons (Fsp3) is 0.750. The summed E-state index contributed by atoms with van der Waals surface area (Å²) in [4.78, 5) is 0.741. The molecule has 19 heavy (non-hydrogen) atoms. The lowest BCUT2D eigenvalue weighted by Gasteiger charge is -2.15. The van der Waals surface area contributed by atoms with Crippen LogP contribution in [0.3, 0.4) is 0 Å². The molecule has 1 fully saturated rings. The summed E-state index contributed by atoms with van der Waals surface area (Å²) in [5.74, 6) is 0.382. The number of halogens is 1. The summed E-state index contributed by atoms with van der Waals surface area (Å²) in [5, 5.41) is 4.16. The minimum Gasteiger partial charge on any atom is -0.271 e. The summed E-state index contributed by atoms with van der Waals surface area (Å²) in [6, 6.07) is 0. The second-order valence-corrected chi connectivity index (χ2v) is 8.06. The van der Waals surface area contributed by atoms with Gasteiger partial charge in [-0.2, -0.15) is 5.10 Å². The molecule has 0 saturated heterocycles. The molecule has 0 radical (unpaired) electrons. The van der Waals surface area contributed by atoms with Crippen LogP contribution in [-0.2, 0) is 17.1 Å². The van der Waals surface area contributed by atoms with Gasteiger partial charge in [0.2, 0.25) is 10.0 Å². The normalized spacial score (nSPS) is 24.0. The van der Waals surface area contributed by atoms with Gasteiger partial charge in [-0.15, -0.1) is 0 Å². The van der Waals surface area contributed by atoms with E-state index < -0.39 is 10.0 Å². The third-order valence-electron chi connectivity index (χ3n) is 3.81. The third-order valence-corrected chi connectivity index (χ3v) is 6.69. The second kappa shape index (κ2) is 5.54. The molecule has 0 spiro atoms. The molecule has 7 heteroatoms. The smallest absolute Gasteiger partial charge is 0.244 e. The Kier molecular flexibility index (Phi) is 4.37. The second-order valence-electron chi connectivity index (χ2n) is 5.18. The van der Waals surface area contributed by atoms with Crippen molar-refractivity contribution in [3.05, 3.63) is 11.4 Å². The van der Waals surface area contributed by atoms with Crippen LogP contribution in [0.1, 0.15) is 30.7 Å². The predicted octanol–water partition coefficient (Wildman–Crippen LogP) is 1.88. The van der Waals surface area contributed by atoms with E-state index in [9.17, 15) is 8.42 Å². The Morgan fingerprint density at radius 1 is 1.42 bits per heavy atom. The van der Waals surface area contributed by atoms with Crippen molar-refractivity contribution in [1.82, 2.24) is 14.5 Å². The Morgan fingerprint density at radius 3 is 2.58 bits per heavy atom. The van der Waals surface area contributed by atoms with Gasteiger partial charge in [0, 0.05) is 18.4 Å². The van der Waals surface area contributed by atoms with Crippen molar-refractivity contribution in [3.8, 4) is 0 Å². The predicted molar refractivity (Wildman–Crippen MR) is 77.9 cm³/mol. The average Bonchev–Trinajstić information content (AvgIpc) is 2.82. The maximum Gasteiger partial charge on any atom is 0.244 e. The van der Waals surface area contributed by atoms with Gasteiger partial charge in [0.05, 0.1) is 11.4 Å². The zero-order valence-corrected chi connectivity index (χ0v) is 13.9. The molecule has 1 aromatic rings. The summed E-state index contributed by atoms with van der Waals surface area (Å²) in [7, 11) is -1.71. The molecule has 1 saturated carbocycles. The Labute approximate surface area is 122 Å². The van der Waals surface area contributed by atoms with E-state index in [2.05, 4.69) is 25.8 Å². The first-order valence-electron chi connectivity index (χ1n) is 6.47. The van der Waals surface area contributed by atoms with Crippen molar-refractivity contribution in [2.45, 2.75) is 42.8 Å². The lowest BCUT2D eigenvalue weighted by molar-refractivity contribution is 0.529. The molecule has 1 N–H and O–H groups in total. The molecular weight excluding hydrogens is 330 g/mol. The SMILES string of the molecule is Cc1nn(C)c(C)c1S(=O)(=O)NCC1CCCC1Br. The number of nitrogens with one attached hydrogen (secondary N) is 1. The van der Waals surface area contributed by atoms with Gasteiger partial charge in [-0.25, -0.2) is 13.1 Å². The molecule has 2 unspecified atom stereocenters. The van der Waals surface area contributed by atoms with Gasteiger partial charge < -0.3 is 0 Å². The Hall–Kier alpha value is -0.400. The summed E-state index contributed by atoms with van der Waals surface area (Å²) in [5.41, 5.74) is 1.22. The molecule has 1 aromatic heterocycles. The largest absolute Gasteiger partial charge is 0.271 e. The minimum atomic E-state index is -3.47. The highest BCUT2D eigenvalue weighted by Gasteiger charge is 2.28. The number of aromatic nitrogens is 2. The first-order chi connectivity index (χ1) is 8.83. The van der Waals surface area contributed by atoms with E-state index in [1.54, 1.807) is 25.6 Å². The van der Waals surface area contributed by atoms with Crippen LogP contribution in [0, 0.1) is 19.8 Å². The molecule has 2 atom stereocenters. The molecule has 1 heterocycles. The van der Waals surface area contributed by atoms with Crippen molar-refractivity contribution < 1.29 is 8.42 Å². The van der Waals surface area contributed by atoms with Crippen LogP contribution in [0.2, 0.25) is 0 Å². The monoisotopic (exact) mass is 349 g/mol. The molecule has 0 aliphatic heterocycles.